The summed E-state index contributed by atoms with van der Waals surface area (Å²) in [5.74, 6) is 0.215. The first-order valence-corrected chi connectivity index (χ1v) is 4.55. The summed E-state index contributed by atoms with van der Waals surface area (Å²) in [6, 6.07) is 0. The number of hydrogen-bond donors (Lipinski definition) is 1. The van der Waals surface area contributed by atoms with Gasteiger partial charge in [0, 0.05) is 0 Å². The van der Waals surface area contributed by atoms with Crippen LogP contribution < -0.4 is 0 Å². The van der Waals surface area contributed by atoms with Crippen molar-refractivity contribution in [3.63, 3.8) is 0 Å². The summed E-state index contributed by atoms with van der Waals surface area (Å²) in [4.78, 5) is 3.80. The zero-order valence-corrected chi connectivity index (χ0v) is 6.87. The van der Waals surface area contributed by atoms with Gasteiger partial charge < -0.3 is 0 Å². The molecule has 1 aromatic heterocycles. The third-order valence-electron chi connectivity index (χ3n) is 0.811. The molecule has 0 saturated carbocycles. The topological polar surface area (TPSA) is 59.9 Å². The fraction of sp³-hybridized carbons (Fsp3) is 0.500. The van der Waals surface area contributed by atoms with Crippen molar-refractivity contribution in [2.45, 2.75) is 12.7 Å². The number of thiol groups is 1. The van der Waals surface area contributed by atoms with Crippen molar-refractivity contribution in [3.8, 4) is 0 Å². The largest absolute Gasteiger partial charge is 0.231 e. The van der Waals surface area contributed by atoms with E-state index in [2.05, 4.69) is 9.36 Å². The van der Waals surface area contributed by atoms with E-state index in [0.717, 1.165) is 11.5 Å². The maximum absolute atomic E-state index is 10.4. The number of hydrogen-bond acceptors (Lipinski definition) is 5. The Morgan fingerprint density at radius 3 is 2.90 bits per heavy atom. The number of rotatable bonds is 2. The standard InChI is InChI=1S/C4H6N2O2S2/c1-3-5-4(9-6-3)2-10(7)8/h10H,2H2,1H3/i10T. The molecule has 1 rings (SSSR count). The highest BCUT2D eigenvalue weighted by molar-refractivity contribution is 7.71. The Hall–Kier alpha value is -0.490. The normalized spacial score (nSPS) is 13.1. The van der Waals surface area contributed by atoms with Crippen molar-refractivity contribution in [2.24, 2.45) is 0 Å². The molecule has 0 spiro atoms. The Balaban J connectivity index is 2.81. The number of aryl methyl sites for hydroxylation is 1. The van der Waals surface area contributed by atoms with E-state index in [-0.39, 0.29) is 5.75 Å². The van der Waals surface area contributed by atoms with Crippen LogP contribution in [0, 0.1) is 6.92 Å². The van der Waals surface area contributed by atoms with Crippen molar-refractivity contribution in [1.82, 2.24) is 9.36 Å². The average Bonchev–Trinajstić information content (AvgIpc) is 2.10. The van der Waals surface area contributed by atoms with Gasteiger partial charge in [-0.1, -0.05) is 0 Å². The highest BCUT2D eigenvalue weighted by atomic mass is 32.2. The monoisotopic (exact) mass is 180 g/mol. The number of aromatic nitrogens is 2. The van der Waals surface area contributed by atoms with Crippen LogP contribution in [0.1, 0.15) is 10.8 Å². The summed E-state index contributed by atoms with van der Waals surface area (Å²) >= 11 is 1.02. The van der Waals surface area contributed by atoms with Crippen molar-refractivity contribution in [2.75, 3.05) is 0 Å². The lowest BCUT2D eigenvalue weighted by Crippen LogP contribution is -1.84. The molecule has 0 aliphatic carbocycles. The molecule has 0 amide bonds. The van der Waals surface area contributed by atoms with E-state index in [9.17, 15) is 8.42 Å². The molecule has 1 aromatic rings. The maximum Gasteiger partial charge on any atom is 0.174 e. The van der Waals surface area contributed by atoms with Gasteiger partial charge in [0.1, 0.15) is 27.2 Å². The van der Waals surface area contributed by atoms with Gasteiger partial charge in [-0.3, -0.25) is 0 Å². The molecular weight excluding hydrogens is 172 g/mol. The van der Waals surface area contributed by atoms with Gasteiger partial charge in [-0.05, 0) is 18.5 Å². The van der Waals surface area contributed by atoms with E-state index < -0.39 is 10.6 Å². The molecule has 4 nitrogen and oxygen atoms in total. The lowest BCUT2D eigenvalue weighted by atomic mass is 10.7. The lowest BCUT2D eigenvalue weighted by Gasteiger charge is -1.78. The molecule has 0 aliphatic heterocycles. The van der Waals surface area contributed by atoms with E-state index in [1.165, 1.54) is 0 Å². The van der Waals surface area contributed by atoms with E-state index in [1.54, 1.807) is 6.92 Å². The van der Waals surface area contributed by atoms with Gasteiger partial charge in [0.15, 0.2) is 1.12 Å². The minimum Gasteiger partial charge on any atom is -0.231 e. The fourth-order valence-electron chi connectivity index (χ4n) is 0.499. The molecule has 0 radical (unpaired) electrons. The molecule has 56 valence electrons. The van der Waals surface area contributed by atoms with Crippen LogP contribution in [0.25, 0.3) is 0 Å². The van der Waals surface area contributed by atoms with Crippen LogP contribution >= 0.6 is 11.5 Å². The summed E-state index contributed by atoms with van der Waals surface area (Å²) in [5, 5.41) is 0.373. The first-order valence-electron chi connectivity index (χ1n) is 2.94. The van der Waals surface area contributed by atoms with Crippen LogP contribution in [-0.4, -0.2) is 18.9 Å². The quantitative estimate of drug-likeness (QED) is 0.649. The van der Waals surface area contributed by atoms with Crippen LogP contribution in [0.3, 0.4) is 0 Å². The van der Waals surface area contributed by atoms with Gasteiger partial charge in [-0.15, -0.1) is 0 Å². The fourth-order valence-corrected chi connectivity index (χ4v) is 1.72. The second-order valence-electron chi connectivity index (χ2n) is 1.68. The van der Waals surface area contributed by atoms with Crippen LogP contribution in [0.4, 0.5) is 0 Å². The molecule has 0 bridgehead atoms. The molecule has 1 heterocycles. The molecule has 0 N–H and O–H groups in total. The lowest BCUT2D eigenvalue weighted by molar-refractivity contribution is 0.614. The summed E-state index contributed by atoms with van der Waals surface area (Å²) in [6.07, 6.45) is 0. The first-order chi connectivity index (χ1) is 4.97. The van der Waals surface area contributed by atoms with Crippen molar-refractivity contribution in [1.29, 1.82) is 1.12 Å². The maximum atomic E-state index is 10.4. The summed E-state index contributed by atoms with van der Waals surface area (Å²) in [7, 11) is -3.71. The molecule has 0 fully saturated rings. The SMILES string of the molecule is [3H]S(=O)(=O)Cc1nc(C)ns1. The molecule has 6 heteroatoms. The van der Waals surface area contributed by atoms with Crippen LogP contribution in [-0.2, 0) is 16.4 Å². The van der Waals surface area contributed by atoms with Crippen LogP contribution in [0.5, 0.6) is 0 Å². The third-order valence-corrected chi connectivity index (χ3v) is 2.30. The molecule has 0 unspecified atom stereocenters. The van der Waals surface area contributed by atoms with Gasteiger partial charge in [0.25, 0.3) is 0 Å². The smallest absolute Gasteiger partial charge is 0.174 e. The first kappa shape index (κ1) is 6.23. The molecule has 0 aliphatic rings. The summed E-state index contributed by atoms with van der Waals surface area (Å²) in [5.41, 5.74) is 0. The zero-order chi connectivity index (χ0) is 8.48. The van der Waals surface area contributed by atoms with Gasteiger partial charge >= 0.3 is 0 Å². The minimum atomic E-state index is -3.71. The van der Waals surface area contributed by atoms with E-state index in [0.29, 0.717) is 10.8 Å². The van der Waals surface area contributed by atoms with Gasteiger partial charge in [0.2, 0.25) is 0 Å². The highest BCUT2D eigenvalue weighted by Gasteiger charge is 1.99. The van der Waals surface area contributed by atoms with E-state index >= 15 is 0 Å². The Morgan fingerprint density at radius 2 is 2.50 bits per heavy atom. The Morgan fingerprint density at radius 1 is 1.80 bits per heavy atom. The Labute approximate surface area is 65.1 Å². The van der Waals surface area contributed by atoms with Crippen LogP contribution in [0.15, 0.2) is 0 Å². The van der Waals surface area contributed by atoms with E-state index in [4.69, 9.17) is 1.12 Å². The van der Waals surface area contributed by atoms with E-state index in [1.807, 2.05) is 0 Å². The highest BCUT2D eigenvalue weighted by Crippen LogP contribution is 2.03. The second kappa shape index (κ2) is 3.07. The minimum absolute atomic E-state index is 0.335. The second-order valence-corrected chi connectivity index (χ2v) is 3.42. The molecule has 10 heavy (non-hydrogen) atoms. The van der Waals surface area contributed by atoms with Crippen molar-refractivity contribution in [3.05, 3.63) is 10.8 Å². The molecular formula is C4H6N2O2S2. The predicted octanol–water partition coefficient (Wildman–Crippen LogP) is -0.0421. The predicted molar refractivity (Wildman–Crippen MR) is 38.7 cm³/mol. The summed E-state index contributed by atoms with van der Waals surface area (Å²) in [6.45, 7) is 1.68. The molecule has 0 atom stereocenters. The Kier molecular flexibility index (Phi) is 1.91. The van der Waals surface area contributed by atoms with Crippen molar-refractivity contribution < 1.29 is 8.42 Å². The van der Waals surface area contributed by atoms with Gasteiger partial charge in [-0.25, -0.2) is 13.4 Å². The summed E-state index contributed by atoms with van der Waals surface area (Å²) < 4.78 is 31.2. The zero-order valence-electron chi connectivity index (χ0n) is 6.23. The third kappa shape index (κ3) is 2.03. The molecule has 0 saturated heterocycles. The van der Waals surface area contributed by atoms with Crippen LogP contribution in [0.2, 0.25) is 0 Å². The molecule has 0 aromatic carbocycles. The average molecular weight is 180 g/mol. The van der Waals surface area contributed by atoms with Gasteiger partial charge in [-0.2, -0.15) is 4.37 Å². The Bertz CT molecular complexity index is 345. The van der Waals surface area contributed by atoms with Gasteiger partial charge in [0.05, 0.1) is 0 Å². The number of nitrogens with zero attached hydrogens (tertiary/aromatic N) is 2. The van der Waals surface area contributed by atoms with Crippen molar-refractivity contribution >= 4 is 22.1 Å².